The van der Waals surface area contributed by atoms with Gasteiger partial charge in [0, 0.05) is 31.1 Å². The van der Waals surface area contributed by atoms with Gasteiger partial charge in [-0.2, -0.15) is 4.68 Å². The molecular weight excluding hydrogens is 428 g/mol. The molecule has 1 aliphatic heterocycles. The summed E-state index contributed by atoms with van der Waals surface area (Å²) < 4.78 is 1.73. The van der Waals surface area contributed by atoms with Crippen molar-refractivity contribution in [1.82, 2.24) is 25.1 Å². The predicted molar refractivity (Wildman–Crippen MR) is 123 cm³/mol. The van der Waals surface area contributed by atoms with Crippen molar-refractivity contribution in [3.05, 3.63) is 54.6 Å². The zero-order valence-corrected chi connectivity index (χ0v) is 18.2. The average Bonchev–Trinajstić information content (AvgIpc) is 3.29. The van der Waals surface area contributed by atoms with Crippen LogP contribution >= 0.6 is 11.8 Å². The van der Waals surface area contributed by atoms with Gasteiger partial charge in [0.05, 0.1) is 23.7 Å². The zero-order valence-electron chi connectivity index (χ0n) is 17.4. The fourth-order valence-corrected chi connectivity index (χ4v) is 4.21. The first-order chi connectivity index (χ1) is 15.6. The normalized spacial score (nSPS) is 14.3. The van der Waals surface area contributed by atoms with Crippen LogP contribution in [-0.4, -0.2) is 75.4 Å². The molecular formula is C21H24N8O2S. The van der Waals surface area contributed by atoms with Crippen LogP contribution in [0.25, 0.3) is 5.69 Å². The first-order valence-electron chi connectivity index (χ1n) is 10.2. The van der Waals surface area contributed by atoms with Gasteiger partial charge in [-0.05, 0) is 34.7 Å². The molecule has 1 aromatic heterocycles. The molecule has 3 N–H and O–H groups in total. The number of nitrogens with two attached hydrogens (primary N) is 1. The summed E-state index contributed by atoms with van der Waals surface area (Å²) in [6.07, 6.45) is 0. The number of carbonyl (C=O) groups is 2. The van der Waals surface area contributed by atoms with E-state index in [0.29, 0.717) is 37.8 Å². The Morgan fingerprint density at radius 3 is 2.47 bits per heavy atom. The lowest BCUT2D eigenvalue weighted by atomic mass is 10.3. The summed E-state index contributed by atoms with van der Waals surface area (Å²) in [5, 5.41) is 15.1. The number of tetrazole rings is 1. The molecule has 166 valence electrons. The number of para-hydroxylation sites is 2. The lowest BCUT2D eigenvalue weighted by molar-refractivity contribution is -0.117. The van der Waals surface area contributed by atoms with Crippen molar-refractivity contribution < 1.29 is 9.59 Å². The minimum atomic E-state index is -0.396. The number of benzene rings is 2. The van der Waals surface area contributed by atoms with E-state index in [4.69, 9.17) is 5.73 Å². The summed E-state index contributed by atoms with van der Waals surface area (Å²) >= 11 is 1.31. The molecule has 2 amide bonds. The highest BCUT2D eigenvalue weighted by molar-refractivity contribution is 8.00. The second-order valence-corrected chi connectivity index (χ2v) is 8.31. The Hall–Kier alpha value is -3.44. The van der Waals surface area contributed by atoms with Crippen molar-refractivity contribution in [2.45, 2.75) is 4.90 Å². The summed E-state index contributed by atoms with van der Waals surface area (Å²) in [7, 11) is 0. The maximum atomic E-state index is 12.6. The minimum Gasteiger partial charge on any atom is -0.369 e. The molecule has 1 saturated heterocycles. The Morgan fingerprint density at radius 1 is 1.00 bits per heavy atom. The molecule has 0 aliphatic carbocycles. The quantitative estimate of drug-likeness (QED) is 0.486. The topological polar surface area (TPSA) is 122 Å². The fraction of sp³-hybridized carbons (Fsp3) is 0.286. The third kappa shape index (κ3) is 5.42. The molecule has 0 atom stereocenters. The van der Waals surface area contributed by atoms with Crippen LogP contribution in [0.4, 0.5) is 11.6 Å². The van der Waals surface area contributed by atoms with Gasteiger partial charge in [0.25, 0.3) is 0 Å². The van der Waals surface area contributed by atoms with E-state index >= 15 is 0 Å². The van der Waals surface area contributed by atoms with E-state index < -0.39 is 5.91 Å². The molecule has 10 nitrogen and oxygen atoms in total. The van der Waals surface area contributed by atoms with Crippen LogP contribution in [0, 0.1) is 0 Å². The van der Waals surface area contributed by atoms with Crippen LogP contribution in [0.15, 0.2) is 59.5 Å². The zero-order chi connectivity index (χ0) is 22.3. The van der Waals surface area contributed by atoms with Crippen molar-refractivity contribution in [2.75, 3.05) is 48.7 Å². The molecule has 3 aromatic rings. The van der Waals surface area contributed by atoms with Crippen LogP contribution in [0.1, 0.15) is 0 Å². The number of rotatable bonds is 8. The fourth-order valence-electron chi connectivity index (χ4n) is 3.46. The number of amides is 2. The van der Waals surface area contributed by atoms with E-state index in [9.17, 15) is 9.59 Å². The molecule has 0 bridgehead atoms. The SMILES string of the molecule is NC(=O)CSc1ccccc1NC(=O)CN1CCN(c2nnnn2-c2ccccc2)CC1. The average molecular weight is 453 g/mol. The lowest BCUT2D eigenvalue weighted by Gasteiger charge is -2.34. The maximum Gasteiger partial charge on any atom is 0.250 e. The van der Waals surface area contributed by atoms with Crippen LogP contribution in [0.3, 0.4) is 0 Å². The highest BCUT2D eigenvalue weighted by Gasteiger charge is 2.23. The first-order valence-corrected chi connectivity index (χ1v) is 11.2. The van der Waals surface area contributed by atoms with E-state index in [0.717, 1.165) is 10.6 Å². The van der Waals surface area contributed by atoms with Crippen LogP contribution in [-0.2, 0) is 9.59 Å². The molecule has 2 aromatic carbocycles. The Morgan fingerprint density at radius 2 is 1.72 bits per heavy atom. The third-order valence-corrected chi connectivity index (χ3v) is 6.10. The number of nitrogens with one attached hydrogen (secondary N) is 1. The lowest BCUT2D eigenvalue weighted by Crippen LogP contribution is -2.49. The van der Waals surface area contributed by atoms with Gasteiger partial charge in [-0.25, -0.2) is 0 Å². The second kappa shape index (κ2) is 10.2. The Bertz CT molecular complexity index is 1070. The summed E-state index contributed by atoms with van der Waals surface area (Å²) in [5.74, 6) is 0.366. The maximum absolute atomic E-state index is 12.6. The Balaban J connectivity index is 1.31. The minimum absolute atomic E-state index is 0.0975. The number of nitrogens with zero attached hydrogens (tertiary/aromatic N) is 6. The smallest absolute Gasteiger partial charge is 0.250 e. The van der Waals surface area contributed by atoms with Gasteiger partial charge in [-0.1, -0.05) is 35.4 Å². The van der Waals surface area contributed by atoms with Crippen molar-refractivity contribution in [1.29, 1.82) is 0 Å². The molecule has 11 heteroatoms. The highest BCUT2D eigenvalue weighted by Crippen LogP contribution is 2.26. The third-order valence-electron chi connectivity index (χ3n) is 5.01. The van der Waals surface area contributed by atoms with Gasteiger partial charge in [-0.15, -0.1) is 11.8 Å². The van der Waals surface area contributed by atoms with Gasteiger partial charge >= 0.3 is 0 Å². The molecule has 1 aliphatic rings. The number of carbonyl (C=O) groups excluding carboxylic acids is 2. The van der Waals surface area contributed by atoms with E-state index in [2.05, 4.69) is 30.6 Å². The van der Waals surface area contributed by atoms with Crippen molar-refractivity contribution in [2.24, 2.45) is 5.73 Å². The summed E-state index contributed by atoms with van der Waals surface area (Å²) in [4.78, 5) is 28.7. The first kappa shape index (κ1) is 21.8. The van der Waals surface area contributed by atoms with Crippen molar-refractivity contribution >= 4 is 35.2 Å². The standard InChI is InChI=1S/C21H24N8O2S/c22-19(30)15-32-18-9-5-4-8-17(18)23-20(31)14-27-10-12-28(13-11-27)21-24-25-26-29(21)16-6-2-1-3-7-16/h1-9H,10-15H2,(H2,22,30)(H,23,31). The number of piperazine rings is 1. The second-order valence-electron chi connectivity index (χ2n) is 7.29. The molecule has 0 radical (unpaired) electrons. The van der Waals surface area contributed by atoms with Crippen LogP contribution in [0.2, 0.25) is 0 Å². The summed E-state index contributed by atoms with van der Waals surface area (Å²) in [5.41, 5.74) is 6.82. The van der Waals surface area contributed by atoms with Gasteiger partial charge in [0.15, 0.2) is 0 Å². The number of hydrogen-bond acceptors (Lipinski definition) is 8. The number of primary amides is 1. The van der Waals surface area contributed by atoms with Crippen molar-refractivity contribution in [3.8, 4) is 5.69 Å². The van der Waals surface area contributed by atoms with Crippen LogP contribution < -0.4 is 16.0 Å². The Kier molecular flexibility index (Phi) is 6.97. The number of aromatic nitrogens is 4. The van der Waals surface area contributed by atoms with E-state index in [1.54, 1.807) is 4.68 Å². The summed E-state index contributed by atoms with van der Waals surface area (Å²) in [6, 6.07) is 17.2. The van der Waals surface area contributed by atoms with Crippen LogP contribution in [0.5, 0.6) is 0 Å². The molecule has 0 saturated carbocycles. The van der Waals surface area contributed by atoms with E-state index in [-0.39, 0.29) is 18.2 Å². The number of hydrogen-bond donors (Lipinski definition) is 2. The molecule has 32 heavy (non-hydrogen) atoms. The Labute approximate surface area is 189 Å². The number of anilines is 2. The molecule has 0 spiro atoms. The van der Waals surface area contributed by atoms with E-state index in [1.807, 2.05) is 54.6 Å². The highest BCUT2D eigenvalue weighted by atomic mass is 32.2. The van der Waals surface area contributed by atoms with E-state index in [1.165, 1.54) is 11.8 Å². The monoisotopic (exact) mass is 452 g/mol. The van der Waals surface area contributed by atoms with Gasteiger partial charge in [0.1, 0.15) is 0 Å². The largest absolute Gasteiger partial charge is 0.369 e. The number of thioether (sulfide) groups is 1. The molecule has 0 unspecified atom stereocenters. The van der Waals surface area contributed by atoms with Gasteiger partial charge in [-0.3, -0.25) is 14.5 Å². The predicted octanol–water partition coefficient (Wildman–Crippen LogP) is 1.00. The van der Waals surface area contributed by atoms with Gasteiger partial charge < -0.3 is 16.0 Å². The van der Waals surface area contributed by atoms with Crippen molar-refractivity contribution in [3.63, 3.8) is 0 Å². The molecule has 1 fully saturated rings. The molecule has 2 heterocycles. The van der Waals surface area contributed by atoms with Gasteiger partial charge in [0.2, 0.25) is 17.8 Å². The summed E-state index contributed by atoms with van der Waals surface area (Å²) in [6.45, 7) is 3.14. The molecule has 4 rings (SSSR count).